The van der Waals surface area contributed by atoms with Crippen LogP contribution in [0.1, 0.15) is 33.9 Å². The van der Waals surface area contributed by atoms with E-state index in [-0.39, 0.29) is 23.9 Å². The van der Waals surface area contributed by atoms with Gasteiger partial charge in [-0.05, 0) is 59.5 Å². The van der Waals surface area contributed by atoms with Gasteiger partial charge in [-0.25, -0.2) is 13.6 Å². The molecule has 182 valence electrons. The highest BCUT2D eigenvalue weighted by atomic mass is 32.2. The average Bonchev–Trinajstić information content (AvgIpc) is 2.82. The first kappa shape index (κ1) is 25.8. The molecule has 0 heterocycles. The highest BCUT2D eigenvalue weighted by Gasteiger charge is 2.10. The Morgan fingerprint density at radius 2 is 1.62 bits per heavy atom. The van der Waals surface area contributed by atoms with E-state index in [1.807, 2.05) is 24.3 Å². The summed E-state index contributed by atoms with van der Waals surface area (Å²) in [6.45, 7) is 1.36. The number of hydrogen-bond donors (Lipinski definition) is 5. The van der Waals surface area contributed by atoms with Crippen LogP contribution in [0.3, 0.4) is 0 Å². The number of ether oxygens (including phenoxy) is 1. The fraction of sp³-hybridized carbons (Fsp3) is 0.280. The van der Waals surface area contributed by atoms with Gasteiger partial charge < -0.3 is 25.4 Å². The molecule has 0 saturated heterocycles. The molecule has 8 nitrogen and oxygen atoms in total. The van der Waals surface area contributed by atoms with Crippen molar-refractivity contribution < 1.29 is 28.5 Å². The molecule has 0 unspecified atom stereocenters. The summed E-state index contributed by atoms with van der Waals surface area (Å²) in [4.78, 5) is 0.0625. The molecule has 1 atom stereocenters. The number of hydrogen-bond acceptors (Lipinski definition) is 7. The molecule has 0 aliphatic carbocycles. The molecule has 0 amide bonds. The third kappa shape index (κ3) is 7.63. The first-order valence-corrected chi connectivity index (χ1v) is 12.4. The SMILES string of the molecule is NS(=O)(=O)c1cccc(COCc2cccc(CCNC[C@H](O)c3ccc(O)c(CO)c3)c2)c1. The van der Waals surface area contributed by atoms with E-state index in [9.17, 15) is 23.7 Å². The van der Waals surface area contributed by atoms with Gasteiger partial charge in [0.05, 0.1) is 30.8 Å². The lowest BCUT2D eigenvalue weighted by atomic mass is 10.0. The van der Waals surface area contributed by atoms with Crippen molar-refractivity contribution in [1.82, 2.24) is 5.32 Å². The molecule has 0 saturated carbocycles. The smallest absolute Gasteiger partial charge is 0.238 e. The zero-order chi connectivity index (χ0) is 24.6. The van der Waals surface area contributed by atoms with Crippen LogP contribution < -0.4 is 10.5 Å². The molecule has 0 aliphatic heterocycles. The first-order valence-electron chi connectivity index (χ1n) is 10.8. The van der Waals surface area contributed by atoms with Crippen molar-refractivity contribution in [2.75, 3.05) is 13.1 Å². The molecule has 0 bridgehead atoms. The van der Waals surface area contributed by atoms with E-state index < -0.39 is 16.1 Å². The van der Waals surface area contributed by atoms with E-state index >= 15 is 0 Å². The van der Waals surface area contributed by atoms with Crippen LogP contribution in [0.5, 0.6) is 5.75 Å². The van der Waals surface area contributed by atoms with E-state index in [0.29, 0.717) is 30.8 Å². The molecule has 3 aromatic rings. The maximum Gasteiger partial charge on any atom is 0.238 e. The van der Waals surface area contributed by atoms with Crippen molar-refractivity contribution in [2.24, 2.45) is 5.14 Å². The zero-order valence-corrected chi connectivity index (χ0v) is 19.5. The number of benzene rings is 3. The lowest BCUT2D eigenvalue weighted by Gasteiger charge is -2.14. The van der Waals surface area contributed by atoms with Gasteiger partial charge in [-0.3, -0.25) is 0 Å². The summed E-state index contributed by atoms with van der Waals surface area (Å²) in [5, 5.41) is 37.6. The normalized spacial score (nSPS) is 12.6. The summed E-state index contributed by atoms with van der Waals surface area (Å²) in [5.41, 5.74) is 3.85. The van der Waals surface area contributed by atoms with Crippen molar-refractivity contribution in [3.8, 4) is 5.75 Å². The van der Waals surface area contributed by atoms with Crippen LogP contribution in [-0.4, -0.2) is 36.8 Å². The van der Waals surface area contributed by atoms with Gasteiger partial charge in [0, 0.05) is 12.1 Å². The monoisotopic (exact) mass is 486 g/mol. The highest BCUT2D eigenvalue weighted by Crippen LogP contribution is 2.22. The van der Waals surface area contributed by atoms with Crippen LogP contribution >= 0.6 is 0 Å². The summed E-state index contributed by atoms with van der Waals surface area (Å²) >= 11 is 0. The predicted octanol–water partition coefficient (Wildman–Crippen LogP) is 2.11. The standard InChI is InChI=1S/C25H30N2O6S/c26-34(31,32)23-6-2-5-20(12-23)17-33-16-19-4-1-3-18(11-19)9-10-27-14-25(30)21-7-8-24(29)22(13-21)15-28/h1-8,11-13,25,27-30H,9-10,14-17H2,(H2,26,31,32)/t25-/m0/s1. The van der Waals surface area contributed by atoms with E-state index in [1.165, 1.54) is 18.2 Å². The summed E-state index contributed by atoms with van der Waals surface area (Å²) in [6.07, 6.45) is 0.00688. The molecule has 0 aliphatic rings. The fourth-order valence-electron chi connectivity index (χ4n) is 3.50. The minimum Gasteiger partial charge on any atom is -0.508 e. The third-order valence-corrected chi connectivity index (χ3v) is 6.25. The topological polar surface area (TPSA) is 142 Å². The van der Waals surface area contributed by atoms with E-state index in [1.54, 1.807) is 24.3 Å². The summed E-state index contributed by atoms with van der Waals surface area (Å²) in [5.74, 6) is 0.00675. The zero-order valence-electron chi connectivity index (χ0n) is 18.7. The third-order valence-electron chi connectivity index (χ3n) is 5.34. The Bertz CT molecular complexity index is 1200. The van der Waals surface area contributed by atoms with E-state index in [2.05, 4.69) is 5.32 Å². The Morgan fingerprint density at radius 1 is 0.941 bits per heavy atom. The highest BCUT2D eigenvalue weighted by molar-refractivity contribution is 7.89. The molecule has 3 rings (SSSR count). The largest absolute Gasteiger partial charge is 0.508 e. The van der Waals surface area contributed by atoms with Crippen LogP contribution in [-0.2, 0) is 41.0 Å². The Hall–Kier alpha value is -2.79. The van der Waals surface area contributed by atoms with Gasteiger partial charge in [-0.2, -0.15) is 0 Å². The van der Waals surface area contributed by atoms with Crippen LogP contribution in [0.25, 0.3) is 0 Å². The van der Waals surface area contributed by atoms with E-state index in [4.69, 9.17) is 9.88 Å². The van der Waals surface area contributed by atoms with Crippen molar-refractivity contribution in [3.05, 3.63) is 94.5 Å². The summed E-state index contributed by atoms with van der Waals surface area (Å²) < 4.78 is 28.7. The first-order chi connectivity index (χ1) is 16.3. The van der Waals surface area contributed by atoms with Crippen LogP contribution in [0.4, 0.5) is 0 Å². The minimum atomic E-state index is -3.74. The van der Waals surface area contributed by atoms with Gasteiger partial charge in [-0.15, -0.1) is 0 Å². The van der Waals surface area contributed by atoms with Crippen LogP contribution in [0, 0.1) is 0 Å². The van der Waals surface area contributed by atoms with Gasteiger partial charge >= 0.3 is 0 Å². The maximum absolute atomic E-state index is 11.5. The number of primary sulfonamides is 1. The van der Waals surface area contributed by atoms with E-state index in [0.717, 1.165) is 23.1 Å². The molecule has 3 aromatic carbocycles. The van der Waals surface area contributed by atoms with Gasteiger partial charge in [0.25, 0.3) is 0 Å². The molecule has 0 radical (unpaired) electrons. The fourth-order valence-corrected chi connectivity index (χ4v) is 4.09. The van der Waals surface area contributed by atoms with Crippen LogP contribution in [0.15, 0.2) is 71.6 Å². The van der Waals surface area contributed by atoms with Gasteiger partial charge in [0.2, 0.25) is 10.0 Å². The number of rotatable bonds is 12. The Kier molecular flexibility index (Phi) is 9.17. The van der Waals surface area contributed by atoms with Crippen molar-refractivity contribution in [3.63, 3.8) is 0 Å². The van der Waals surface area contributed by atoms with Crippen molar-refractivity contribution in [2.45, 2.75) is 37.2 Å². The molecule has 6 N–H and O–H groups in total. The lowest BCUT2D eigenvalue weighted by Crippen LogP contribution is -2.23. The average molecular weight is 487 g/mol. The molecule has 0 fully saturated rings. The van der Waals surface area contributed by atoms with Crippen LogP contribution in [0.2, 0.25) is 0 Å². The van der Waals surface area contributed by atoms with Crippen molar-refractivity contribution >= 4 is 10.0 Å². The minimum absolute atomic E-state index is 0.00675. The quantitative estimate of drug-likeness (QED) is 0.247. The molecule has 9 heteroatoms. The Morgan fingerprint density at radius 3 is 2.32 bits per heavy atom. The second kappa shape index (κ2) is 12.1. The number of aliphatic hydroxyl groups excluding tert-OH is 2. The second-order valence-electron chi connectivity index (χ2n) is 8.02. The van der Waals surface area contributed by atoms with Gasteiger partial charge in [-0.1, -0.05) is 42.5 Å². The molecular formula is C25H30N2O6S. The molecule has 0 aromatic heterocycles. The molecular weight excluding hydrogens is 456 g/mol. The summed E-state index contributed by atoms with van der Waals surface area (Å²) in [7, 11) is -3.74. The molecule has 0 spiro atoms. The van der Waals surface area contributed by atoms with Gasteiger partial charge in [0.15, 0.2) is 0 Å². The number of nitrogens with one attached hydrogen (secondary N) is 1. The molecule has 34 heavy (non-hydrogen) atoms. The maximum atomic E-state index is 11.5. The van der Waals surface area contributed by atoms with Crippen molar-refractivity contribution in [1.29, 1.82) is 0 Å². The Balaban J connectivity index is 1.44. The number of aromatic hydroxyl groups is 1. The predicted molar refractivity (Wildman–Crippen MR) is 128 cm³/mol. The number of aliphatic hydroxyl groups is 2. The summed E-state index contributed by atoms with van der Waals surface area (Å²) in [6, 6.07) is 19.1. The second-order valence-corrected chi connectivity index (χ2v) is 9.58. The van der Waals surface area contributed by atoms with Gasteiger partial charge in [0.1, 0.15) is 5.75 Å². The lowest BCUT2D eigenvalue weighted by molar-refractivity contribution is 0.107. The Labute approximate surface area is 199 Å². The number of sulfonamides is 1. The number of phenols is 1. The number of nitrogens with two attached hydrogens (primary N) is 1.